The summed E-state index contributed by atoms with van der Waals surface area (Å²) in [4.78, 5) is 13.1. The van der Waals surface area contributed by atoms with Crippen LogP contribution in [-0.4, -0.2) is 55.1 Å². The van der Waals surface area contributed by atoms with Gasteiger partial charge in [0, 0.05) is 18.7 Å². The van der Waals surface area contributed by atoms with Gasteiger partial charge in [-0.2, -0.15) is 4.31 Å². The monoisotopic (exact) mass is 500 g/mol. The third kappa shape index (κ3) is 5.63. The Morgan fingerprint density at radius 1 is 1.09 bits per heavy atom. The number of amides is 1. The fourth-order valence-electron chi connectivity index (χ4n) is 3.90. The lowest BCUT2D eigenvalue weighted by Gasteiger charge is -2.30. The molecule has 1 aliphatic rings. The van der Waals surface area contributed by atoms with Gasteiger partial charge in [0.25, 0.3) is 0 Å². The molecule has 1 amide bonds. The average molecular weight is 501 g/mol. The Labute approximate surface area is 204 Å². The Morgan fingerprint density at radius 3 is 2.57 bits per heavy atom. The maximum atomic E-state index is 12.9. The highest BCUT2D eigenvalue weighted by Gasteiger charge is 2.33. The molecule has 1 atom stereocenters. The lowest BCUT2D eigenvalue weighted by Crippen LogP contribution is -2.43. The molecule has 11 heteroatoms. The summed E-state index contributed by atoms with van der Waals surface area (Å²) in [6, 6.07) is 13.4. The zero-order chi connectivity index (χ0) is 24.8. The van der Waals surface area contributed by atoms with Crippen molar-refractivity contribution in [2.45, 2.75) is 31.6 Å². The topological polar surface area (TPSA) is 124 Å². The number of hydrogen-bond donors (Lipinski definition) is 1. The van der Waals surface area contributed by atoms with E-state index in [0.717, 1.165) is 0 Å². The van der Waals surface area contributed by atoms with Crippen LogP contribution in [0.3, 0.4) is 0 Å². The van der Waals surface area contributed by atoms with Crippen LogP contribution in [0.4, 0.5) is 6.01 Å². The molecule has 10 nitrogen and oxygen atoms in total. The fourth-order valence-corrected chi connectivity index (χ4v) is 5.44. The molecule has 2 heterocycles. The standard InChI is InChI=1S/C24H28N4O6S/c1-3-32-20-13-12-17(15-21(20)33-4-2)23-26-27-24(34-23)25-22(29)18-9-8-14-28(16-18)35(30,31)19-10-6-5-7-11-19/h5-7,10-13,15,18H,3-4,8-9,14,16H2,1-2H3,(H,25,27,29). The highest BCUT2D eigenvalue weighted by Crippen LogP contribution is 2.33. The Kier molecular flexibility index (Phi) is 7.67. The Morgan fingerprint density at radius 2 is 1.83 bits per heavy atom. The van der Waals surface area contributed by atoms with Gasteiger partial charge in [-0.1, -0.05) is 23.3 Å². The molecular weight excluding hydrogens is 472 g/mol. The molecule has 2 aromatic carbocycles. The molecule has 1 fully saturated rings. The summed E-state index contributed by atoms with van der Waals surface area (Å²) in [5.41, 5.74) is 0.614. The minimum Gasteiger partial charge on any atom is -0.490 e. The van der Waals surface area contributed by atoms with Crippen molar-refractivity contribution in [3.8, 4) is 23.0 Å². The van der Waals surface area contributed by atoms with Crippen molar-refractivity contribution in [3.05, 3.63) is 48.5 Å². The second-order valence-corrected chi connectivity index (χ2v) is 9.88. The first-order valence-corrected chi connectivity index (χ1v) is 13.0. The first kappa shape index (κ1) is 24.7. The molecule has 0 radical (unpaired) electrons. The Hall–Kier alpha value is -3.44. The number of aromatic nitrogens is 2. The van der Waals surface area contributed by atoms with Gasteiger partial charge in [0.15, 0.2) is 11.5 Å². The van der Waals surface area contributed by atoms with Crippen molar-refractivity contribution in [1.29, 1.82) is 0 Å². The Balaban J connectivity index is 1.44. The molecule has 4 rings (SSSR count). The molecule has 1 aliphatic heterocycles. The summed E-state index contributed by atoms with van der Waals surface area (Å²) >= 11 is 0. The summed E-state index contributed by atoms with van der Waals surface area (Å²) in [5, 5.41) is 10.6. The number of nitrogens with one attached hydrogen (secondary N) is 1. The number of sulfonamides is 1. The van der Waals surface area contributed by atoms with Gasteiger partial charge in [-0.3, -0.25) is 10.1 Å². The van der Waals surface area contributed by atoms with Crippen molar-refractivity contribution >= 4 is 21.9 Å². The van der Waals surface area contributed by atoms with Gasteiger partial charge < -0.3 is 13.9 Å². The van der Waals surface area contributed by atoms with Crippen LogP contribution in [-0.2, 0) is 14.8 Å². The van der Waals surface area contributed by atoms with Crippen LogP contribution in [0.5, 0.6) is 11.5 Å². The van der Waals surface area contributed by atoms with Crippen LogP contribution >= 0.6 is 0 Å². The minimum absolute atomic E-state index is 0.0557. The Bertz CT molecular complexity index is 1260. The van der Waals surface area contributed by atoms with Crippen LogP contribution < -0.4 is 14.8 Å². The molecule has 186 valence electrons. The van der Waals surface area contributed by atoms with Gasteiger partial charge in [-0.25, -0.2) is 8.42 Å². The quantitative estimate of drug-likeness (QED) is 0.473. The summed E-state index contributed by atoms with van der Waals surface area (Å²) in [6.45, 7) is 5.18. The molecule has 1 aromatic heterocycles. The average Bonchev–Trinajstić information content (AvgIpc) is 3.34. The number of carbonyl (C=O) groups is 1. The van der Waals surface area contributed by atoms with Gasteiger partial charge in [-0.05, 0) is 57.0 Å². The van der Waals surface area contributed by atoms with E-state index in [9.17, 15) is 13.2 Å². The lowest BCUT2D eigenvalue weighted by molar-refractivity contribution is -0.121. The smallest absolute Gasteiger partial charge is 0.322 e. The van der Waals surface area contributed by atoms with E-state index in [-0.39, 0.29) is 29.3 Å². The third-order valence-electron chi connectivity index (χ3n) is 5.58. The molecule has 1 saturated heterocycles. The molecular formula is C24H28N4O6S. The molecule has 0 aliphatic carbocycles. The summed E-state index contributed by atoms with van der Waals surface area (Å²) < 4.78 is 44.1. The highest BCUT2D eigenvalue weighted by molar-refractivity contribution is 7.89. The van der Waals surface area contributed by atoms with Gasteiger partial charge in [0.1, 0.15) is 0 Å². The number of anilines is 1. The molecule has 0 bridgehead atoms. The number of nitrogens with zero attached hydrogens (tertiary/aromatic N) is 3. The first-order valence-electron chi connectivity index (χ1n) is 11.5. The van der Waals surface area contributed by atoms with Crippen LogP contribution in [0, 0.1) is 5.92 Å². The first-order chi connectivity index (χ1) is 16.9. The van der Waals surface area contributed by atoms with Crippen LogP contribution in [0.1, 0.15) is 26.7 Å². The number of ether oxygens (including phenoxy) is 2. The fraction of sp³-hybridized carbons (Fsp3) is 0.375. The predicted octanol–water partition coefficient (Wildman–Crippen LogP) is 3.57. The van der Waals surface area contributed by atoms with Gasteiger partial charge in [-0.15, -0.1) is 5.10 Å². The van der Waals surface area contributed by atoms with E-state index in [1.165, 1.54) is 4.31 Å². The van der Waals surface area contributed by atoms with E-state index >= 15 is 0 Å². The van der Waals surface area contributed by atoms with E-state index in [1.807, 2.05) is 13.8 Å². The summed E-state index contributed by atoms with van der Waals surface area (Å²) in [6.07, 6.45) is 1.13. The zero-order valence-corrected chi connectivity index (χ0v) is 20.5. The van der Waals surface area contributed by atoms with E-state index in [0.29, 0.717) is 49.7 Å². The van der Waals surface area contributed by atoms with Gasteiger partial charge >= 0.3 is 6.01 Å². The maximum Gasteiger partial charge on any atom is 0.322 e. The van der Waals surface area contributed by atoms with E-state index in [4.69, 9.17) is 13.9 Å². The molecule has 0 spiro atoms. The predicted molar refractivity (Wildman–Crippen MR) is 129 cm³/mol. The second kappa shape index (κ2) is 10.9. The molecule has 3 aromatic rings. The number of hydrogen-bond acceptors (Lipinski definition) is 8. The van der Waals surface area contributed by atoms with Gasteiger partial charge in [0.05, 0.1) is 24.0 Å². The maximum absolute atomic E-state index is 12.9. The van der Waals surface area contributed by atoms with Crippen LogP contribution in [0.25, 0.3) is 11.5 Å². The van der Waals surface area contributed by atoms with Gasteiger partial charge in [0.2, 0.25) is 21.8 Å². The molecule has 35 heavy (non-hydrogen) atoms. The largest absolute Gasteiger partial charge is 0.490 e. The molecule has 1 unspecified atom stereocenters. The van der Waals surface area contributed by atoms with Crippen molar-refractivity contribution in [3.63, 3.8) is 0 Å². The van der Waals surface area contributed by atoms with Crippen molar-refractivity contribution < 1.29 is 27.1 Å². The lowest BCUT2D eigenvalue weighted by atomic mass is 9.99. The van der Waals surface area contributed by atoms with Crippen LogP contribution in [0.2, 0.25) is 0 Å². The van der Waals surface area contributed by atoms with E-state index in [2.05, 4.69) is 15.5 Å². The summed E-state index contributed by atoms with van der Waals surface area (Å²) in [7, 11) is -3.67. The van der Waals surface area contributed by atoms with Crippen molar-refractivity contribution in [2.75, 3.05) is 31.6 Å². The van der Waals surface area contributed by atoms with E-state index < -0.39 is 15.9 Å². The van der Waals surface area contributed by atoms with Crippen molar-refractivity contribution in [1.82, 2.24) is 14.5 Å². The number of benzene rings is 2. The zero-order valence-electron chi connectivity index (χ0n) is 19.6. The SMILES string of the molecule is CCOc1ccc(-c2nnc(NC(=O)C3CCCN(S(=O)(=O)c4ccccc4)C3)o2)cc1OCC. The number of rotatable bonds is 9. The minimum atomic E-state index is -3.67. The molecule has 0 saturated carbocycles. The third-order valence-corrected chi connectivity index (χ3v) is 7.46. The van der Waals surface area contributed by atoms with Crippen LogP contribution in [0.15, 0.2) is 57.8 Å². The molecule has 1 N–H and O–H groups in total. The summed E-state index contributed by atoms with van der Waals surface area (Å²) in [5.74, 6) is 0.472. The van der Waals surface area contributed by atoms with E-state index in [1.54, 1.807) is 48.5 Å². The number of piperidine rings is 1. The highest BCUT2D eigenvalue weighted by atomic mass is 32.2. The number of carbonyl (C=O) groups excluding carboxylic acids is 1. The van der Waals surface area contributed by atoms with Crippen molar-refractivity contribution in [2.24, 2.45) is 5.92 Å². The normalized spacial score (nSPS) is 16.6. The second-order valence-electron chi connectivity index (χ2n) is 7.94.